The Hall–Kier alpha value is -0.790. The van der Waals surface area contributed by atoms with Gasteiger partial charge in [-0.05, 0) is 87.0 Å². The first-order chi connectivity index (χ1) is 9.83. The van der Waals surface area contributed by atoms with Crippen LogP contribution in [0.4, 0.5) is 0 Å². The lowest BCUT2D eigenvalue weighted by Gasteiger charge is -2.08. The van der Waals surface area contributed by atoms with Crippen molar-refractivity contribution < 1.29 is 9.53 Å². The lowest BCUT2D eigenvalue weighted by molar-refractivity contribution is -0.112. The summed E-state index contributed by atoms with van der Waals surface area (Å²) in [6.07, 6.45) is 16.4. The van der Waals surface area contributed by atoms with E-state index in [1.54, 1.807) is 7.11 Å². The fraction of sp³-hybridized carbons (Fsp3) is 0.833. The molecule has 2 nitrogen and oxygen atoms in total. The Labute approximate surface area is 123 Å². The van der Waals surface area contributed by atoms with E-state index in [1.807, 2.05) is 6.26 Å². The van der Waals surface area contributed by atoms with E-state index in [-0.39, 0.29) is 0 Å². The van der Waals surface area contributed by atoms with E-state index in [2.05, 4.69) is 6.08 Å². The predicted molar refractivity (Wildman–Crippen MR) is 80.1 cm³/mol. The lowest BCUT2D eigenvalue weighted by Crippen LogP contribution is -2.06. The Balaban J connectivity index is 0.000000123. The van der Waals surface area contributed by atoms with E-state index in [4.69, 9.17) is 4.74 Å². The molecule has 0 bridgehead atoms. The molecule has 0 amide bonds. The standard InChI is InChI=1S/C10H16O.C8H12O/c1-11-7-6-10(8-2-3-8)9-4-5-9;9-5-8(6-1-2-6)7-3-4-7/h6-10H,2-5H2,1H3;5-8H,1-4H2/b7-6+;. The Bertz CT molecular complexity index is 322. The summed E-state index contributed by atoms with van der Waals surface area (Å²) in [5, 5.41) is 0. The molecular formula is C18H28O2. The highest BCUT2D eigenvalue weighted by molar-refractivity contribution is 5.56. The summed E-state index contributed by atoms with van der Waals surface area (Å²) in [6, 6.07) is 0. The highest BCUT2D eigenvalue weighted by Gasteiger charge is 2.41. The summed E-state index contributed by atoms with van der Waals surface area (Å²) in [7, 11) is 1.73. The second-order valence-corrected chi connectivity index (χ2v) is 7.20. The highest BCUT2D eigenvalue weighted by Crippen LogP contribution is 2.50. The first-order valence-corrected chi connectivity index (χ1v) is 8.48. The second kappa shape index (κ2) is 6.32. The molecular weight excluding hydrogens is 248 g/mol. The minimum absolute atomic E-state index is 0.463. The van der Waals surface area contributed by atoms with Gasteiger partial charge in [-0.2, -0.15) is 0 Å². The zero-order valence-corrected chi connectivity index (χ0v) is 12.7. The van der Waals surface area contributed by atoms with Crippen LogP contribution in [-0.4, -0.2) is 13.4 Å². The number of carbonyl (C=O) groups is 1. The molecule has 0 aromatic rings. The molecule has 112 valence electrons. The summed E-state index contributed by atoms with van der Waals surface area (Å²) < 4.78 is 4.95. The van der Waals surface area contributed by atoms with E-state index >= 15 is 0 Å². The molecule has 4 saturated carbocycles. The number of rotatable bonds is 7. The molecule has 20 heavy (non-hydrogen) atoms. The molecule has 4 aliphatic rings. The van der Waals surface area contributed by atoms with Gasteiger partial charge in [-0.3, -0.25) is 0 Å². The zero-order valence-electron chi connectivity index (χ0n) is 12.7. The van der Waals surface area contributed by atoms with E-state index in [0.29, 0.717) is 5.92 Å². The second-order valence-electron chi connectivity index (χ2n) is 7.20. The van der Waals surface area contributed by atoms with Crippen LogP contribution in [0.3, 0.4) is 0 Å². The van der Waals surface area contributed by atoms with Crippen molar-refractivity contribution in [2.75, 3.05) is 7.11 Å². The number of aldehydes is 1. The van der Waals surface area contributed by atoms with Crippen LogP contribution in [-0.2, 0) is 9.53 Å². The summed E-state index contributed by atoms with van der Waals surface area (Å²) in [4.78, 5) is 10.5. The van der Waals surface area contributed by atoms with Gasteiger partial charge in [-0.15, -0.1) is 0 Å². The van der Waals surface area contributed by atoms with Gasteiger partial charge in [0.05, 0.1) is 13.4 Å². The monoisotopic (exact) mass is 276 g/mol. The van der Waals surface area contributed by atoms with E-state index in [1.165, 1.54) is 57.7 Å². The summed E-state index contributed by atoms with van der Waals surface area (Å²) >= 11 is 0. The van der Waals surface area contributed by atoms with E-state index in [0.717, 1.165) is 29.6 Å². The van der Waals surface area contributed by atoms with Crippen molar-refractivity contribution in [2.24, 2.45) is 35.5 Å². The maximum absolute atomic E-state index is 10.5. The van der Waals surface area contributed by atoms with Gasteiger partial charge in [0.25, 0.3) is 0 Å². The third kappa shape index (κ3) is 4.10. The highest BCUT2D eigenvalue weighted by atomic mass is 16.5. The largest absolute Gasteiger partial charge is 0.505 e. The van der Waals surface area contributed by atoms with Gasteiger partial charge in [-0.1, -0.05) is 0 Å². The minimum atomic E-state index is 0.463. The number of hydrogen-bond acceptors (Lipinski definition) is 2. The Kier molecular flexibility index (Phi) is 4.48. The number of ether oxygens (including phenoxy) is 1. The maximum atomic E-state index is 10.5. The van der Waals surface area contributed by atoms with Crippen LogP contribution in [0.1, 0.15) is 51.4 Å². The molecule has 0 aromatic heterocycles. The van der Waals surface area contributed by atoms with Crippen LogP contribution in [0.5, 0.6) is 0 Å². The molecule has 4 fully saturated rings. The van der Waals surface area contributed by atoms with Gasteiger partial charge in [-0.25, -0.2) is 0 Å². The molecule has 0 radical (unpaired) electrons. The number of methoxy groups -OCH3 is 1. The molecule has 0 atom stereocenters. The maximum Gasteiger partial charge on any atom is 0.123 e. The van der Waals surface area contributed by atoms with Crippen LogP contribution >= 0.6 is 0 Å². The van der Waals surface area contributed by atoms with Crippen molar-refractivity contribution in [3.05, 3.63) is 12.3 Å². The Morgan fingerprint density at radius 1 is 0.800 bits per heavy atom. The quantitative estimate of drug-likeness (QED) is 0.514. The van der Waals surface area contributed by atoms with Gasteiger partial charge < -0.3 is 9.53 Å². The van der Waals surface area contributed by atoms with Gasteiger partial charge in [0.2, 0.25) is 0 Å². The van der Waals surface area contributed by atoms with Crippen LogP contribution < -0.4 is 0 Å². The topological polar surface area (TPSA) is 26.3 Å². The van der Waals surface area contributed by atoms with Crippen molar-refractivity contribution in [1.29, 1.82) is 0 Å². The molecule has 0 aromatic carbocycles. The van der Waals surface area contributed by atoms with E-state index < -0.39 is 0 Å². The summed E-state index contributed by atoms with van der Waals surface area (Å²) in [5.74, 6) is 4.94. The average molecular weight is 276 g/mol. The SMILES string of the molecule is CO/C=C/C(C1CC1)C1CC1.O=CC(C1CC1)C1CC1. The normalized spacial score (nSPS) is 25.8. The fourth-order valence-electron chi connectivity index (χ4n) is 3.40. The third-order valence-corrected chi connectivity index (χ3v) is 5.26. The van der Waals surface area contributed by atoms with Crippen molar-refractivity contribution in [2.45, 2.75) is 51.4 Å². The van der Waals surface area contributed by atoms with E-state index in [9.17, 15) is 4.79 Å². The number of allylic oxidation sites excluding steroid dienone is 1. The molecule has 2 heteroatoms. The van der Waals surface area contributed by atoms with Crippen LogP contribution in [0.2, 0.25) is 0 Å². The predicted octanol–water partition coefficient (Wildman–Crippen LogP) is 4.20. The first-order valence-electron chi connectivity index (χ1n) is 8.48. The summed E-state index contributed by atoms with van der Waals surface area (Å²) in [6.45, 7) is 0. The smallest absolute Gasteiger partial charge is 0.123 e. The minimum Gasteiger partial charge on any atom is -0.505 e. The van der Waals surface area contributed by atoms with Gasteiger partial charge >= 0.3 is 0 Å². The molecule has 0 aliphatic heterocycles. The average Bonchev–Trinajstić information content (AvgIpc) is 3.22. The number of carbonyl (C=O) groups excluding carboxylic acids is 1. The molecule has 0 spiro atoms. The third-order valence-electron chi connectivity index (χ3n) is 5.26. The lowest BCUT2D eigenvalue weighted by atomic mass is 9.98. The molecule has 4 aliphatic carbocycles. The fourth-order valence-corrected chi connectivity index (χ4v) is 3.40. The van der Waals surface area contributed by atoms with Crippen LogP contribution in [0.15, 0.2) is 12.3 Å². The van der Waals surface area contributed by atoms with Crippen molar-refractivity contribution >= 4 is 6.29 Å². The summed E-state index contributed by atoms with van der Waals surface area (Å²) in [5.41, 5.74) is 0. The zero-order chi connectivity index (χ0) is 13.9. The first kappa shape index (κ1) is 14.2. The Morgan fingerprint density at radius 2 is 1.20 bits per heavy atom. The van der Waals surface area contributed by atoms with Crippen molar-refractivity contribution in [3.8, 4) is 0 Å². The molecule has 4 rings (SSSR count). The van der Waals surface area contributed by atoms with Crippen molar-refractivity contribution in [3.63, 3.8) is 0 Å². The van der Waals surface area contributed by atoms with Crippen LogP contribution in [0.25, 0.3) is 0 Å². The molecule has 0 saturated heterocycles. The van der Waals surface area contributed by atoms with Gasteiger partial charge in [0.1, 0.15) is 6.29 Å². The van der Waals surface area contributed by atoms with Gasteiger partial charge in [0, 0.05) is 5.92 Å². The van der Waals surface area contributed by atoms with Crippen molar-refractivity contribution in [1.82, 2.24) is 0 Å². The Morgan fingerprint density at radius 3 is 1.50 bits per heavy atom. The van der Waals surface area contributed by atoms with Crippen LogP contribution in [0, 0.1) is 35.5 Å². The molecule has 0 N–H and O–H groups in total. The molecule has 0 unspecified atom stereocenters. The molecule has 0 heterocycles. The number of hydrogen-bond donors (Lipinski definition) is 0. The van der Waals surface area contributed by atoms with Gasteiger partial charge in [0.15, 0.2) is 0 Å².